The molecule has 2 heterocycles. The molecule has 0 saturated carbocycles. The van der Waals surface area contributed by atoms with E-state index in [9.17, 15) is 40.2 Å². The average molecular weight is 506 g/mol. The third-order valence-electron chi connectivity index (χ3n) is 5.62. The van der Waals surface area contributed by atoms with Crippen LogP contribution in [0.2, 0.25) is 0 Å². The highest BCUT2D eigenvalue weighted by Gasteiger charge is 2.49. The third-order valence-corrected chi connectivity index (χ3v) is 5.62. The van der Waals surface area contributed by atoms with Crippen LogP contribution in [0.25, 0.3) is 22.3 Å². The summed E-state index contributed by atoms with van der Waals surface area (Å²) in [6.45, 7) is 0. The molecule has 6 N–H and O–H groups in total. The van der Waals surface area contributed by atoms with E-state index in [0.717, 1.165) is 19.2 Å². The van der Waals surface area contributed by atoms with E-state index in [1.807, 2.05) is 0 Å². The maximum Gasteiger partial charge on any atom is 0.337 e. The molecule has 1 saturated heterocycles. The maximum atomic E-state index is 12.8. The third kappa shape index (κ3) is 4.24. The van der Waals surface area contributed by atoms with Crippen LogP contribution in [-0.2, 0) is 14.3 Å². The van der Waals surface area contributed by atoms with Gasteiger partial charge in [-0.3, -0.25) is 4.79 Å². The van der Waals surface area contributed by atoms with Gasteiger partial charge in [-0.25, -0.2) is 4.79 Å². The van der Waals surface area contributed by atoms with Crippen molar-refractivity contribution in [2.45, 2.75) is 30.7 Å². The van der Waals surface area contributed by atoms with E-state index in [1.54, 1.807) is 0 Å². The SMILES string of the molecule is COC(=O)[C@H]1O[C@@H](Oc2c(O)cc(O)c3c(=O)cc(-c4ccc(OC)c(O)c4)oc23)[C@H](O)[C@@H](O)[C@@H]1O. The second kappa shape index (κ2) is 9.54. The van der Waals surface area contributed by atoms with Crippen LogP contribution >= 0.6 is 0 Å². The molecule has 192 valence electrons. The Labute approximate surface area is 201 Å². The Morgan fingerprint density at radius 1 is 0.917 bits per heavy atom. The van der Waals surface area contributed by atoms with E-state index in [0.29, 0.717) is 0 Å². The minimum absolute atomic E-state index is 0.103. The smallest absolute Gasteiger partial charge is 0.337 e. The van der Waals surface area contributed by atoms with Crippen molar-refractivity contribution < 1.29 is 58.8 Å². The van der Waals surface area contributed by atoms with E-state index in [1.165, 1.54) is 25.3 Å². The number of aliphatic hydroxyl groups excluding tert-OH is 3. The molecule has 0 radical (unpaired) electrons. The van der Waals surface area contributed by atoms with Crippen LogP contribution in [0, 0.1) is 0 Å². The molecule has 0 unspecified atom stereocenters. The number of aliphatic hydroxyl groups is 3. The van der Waals surface area contributed by atoms with Crippen LogP contribution in [0.15, 0.2) is 39.5 Å². The highest BCUT2D eigenvalue weighted by molar-refractivity contribution is 5.91. The van der Waals surface area contributed by atoms with Gasteiger partial charge in [0.2, 0.25) is 12.0 Å². The summed E-state index contributed by atoms with van der Waals surface area (Å²) in [6.07, 6.45) is -9.30. The molecule has 13 heteroatoms. The van der Waals surface area contributed by atoms with Crippen molar-refractivity contribution in [2.75, 3.05) is 14.2 Å². The average Bonchev–Trinajstić information content (AvgIpc) is 2.85. The van der Waals surface area contributed by atoms with Gasteiger partial charge >= 0.3 is 5.97 Å². The molecule has 5 atom stereocenters. The summed E-state index contributed by atoms with van der Waals surface area (Å²) >= 11 is 0. The number of ether oxygens (including phenoxy) is 4. The van der Waals surface area contributed by atoms with Gasteiger partial charge < -0.3 is 54.0 Å². The summed E-state index contributed by atoms with van der Waals surface area (Å²) in [6, 6.07) is 5.95. The normalized spacial score (nSPS) is 23.9. The molecule has 13 nitrogen and oxygen atoms in total. The summed E-state index contributed by atoms with van der Waals surface area (Å²) in [5.41, 5.74) is -1.01. The Kier molecular flexibility index (Phi) is 6.65. The van der Waals surface area contributed by atoms with Crippen LogP contribution in [0.3, 0.4) is 0 Å². The number of esters is 1. The number of rotatable bonds is 5. The maximum absolute atomic E-state index is 12.8. The lowest BCUT2D eigenvalue weighted by Gasteiger charge is -2.38. The first kappa shape index (κ1) is 25.1. The molecule has 0 bridgehead atoms. The Hall–Kier alpha value is -4.04. The van der Waals surface area contributed by atoms with Crippen LogP contribution in [0.1, 0.15) is 0 Å². The quantitative estimate of drug-likeness (QED) is 0.251. The highest BCUT2D eigenvalue weighted by atomic mass is 16.7. The largest absolute Gasteiger partial charge is 0.507 e. The van der Waals surface area contributed by atoms with Gasteiger partial charge in [0.1, 0.15) is 35.2 Å². The van der Waals surface area contributed by atoms with E-state index in [4.69, 9.17) is 18.6 Å². The van der Waals surface area contributed by atoms with Gasteiger partial charge in [0.05, 0.1) is 14.2 Å². The number of aromatic hydroxyl groups is 3. The predicted octanol–water partition coefficient (Wildman–Crippen LogP) is -0.0552. The number of phenols is 3. The van der Waals surface area contributed by atoms with Gasteiger partial charge in [-0.2, -0.15) is 0 Å². The molecule has 2 aromatic carbocycles. The number of hydrogen-bond donors (Lipinski definition) is 6. The molecule has 1 aliphatic rings. The second-order valence-electron chi connectivity index (χ2n) is 7.85. The van der Waals surface area contributed by atoms with Crippen LogP contribution < -0.4 is 14.9 Å². The van der Waals surface area contributed by atoms with Crippen molar-refractivity contribution in [1.29, 1.82) is 0 Å². The lowest BCUT2D eigenvalue weighted by Crippen LogP contribution is -2.61. The molecule has 36 heavy (non-hydrogen) atoms. The van der Waals surface area contributed by atoms with Crippen LogP contribution in [-0.4, -0.2) is 81.5 Å². The van der Waals surface area contributed by atoms with Crippen molar-refractivity contribution in [3.63, 3.8) is 0 Å². The van der Waals surface area contributed by atoms with Crippen molar-refractivity contribution in [3.8, 4) is 40.1 Å². The zero-order valence-electron chi connectivity index (χ0n) is 18.8. The number of benzene rings is 2. The first-order chi connectivity index (χ1) is 17.1. The molecule has 1 aromatic heterocycles. The fraction of sp³-hybridized carbons (Fsp3) is 0.304. The Balaban J connectivity index is 1.83. The van der Waals surface area contributed by atoms with E-state index in [-0.39, 0.29) is 22.8 Å². The predicted molar refractivity (Wildman–Crippen MR) is 119 cm³/mol. The molecular weight excluding hydrogens is 484 g/mol. The van der Waals surface area contributed by atoms with Gasteiger partial charge in [-0.1, -0.05) is 0 Å². The number of fused-ring (bicyclic) bond motifs is 1. The lowest BCUT2D eigenvalue weighted by molar-refractivity contribution is -0.271. The second-order valence-corrected chi connectivity index (χ2v) is 7.85. The fourth-order valence-electron chi connectivity index (χ4n) is 3.75. The summed E-state index contributed by atoms with van der Waals surface area (Å²) in [4.78, 5) is 24.8. The monoisotopic (exact) mass is 506 g/mol. The number of hydrogen-bond acceptors (Lipinski definition) is 13. The Morgan fingerprint density at radius 2 is 1.64 bits per heavy atom. The van der Waals surface area contributed by atoms with Gasteiger partial charge in [0.15, 0.2) is 34.4 Å². The lowest BCUT2D eigenvalue weighted by atomic mass is 9.99. The summed E-state index contributed by atoms with van der Waals surface area (Å²) in [5.74, 6) is -3.26. The van der Waals surface area contributed by atoms with Crippen molar-refractivity contribution in [1.82, 2.24) is 0 Å². The van der Waals surface area contributed by atoms with Crippen molar-refractivity contribution in [3.05, 3.63) is 40.6 Å². The zero-order chi connectivity index (χ0) is 26.3. The van der Waals surface area contributed by atoms with Crippen molar-refractivity contribution >= 4 is 16.9 Å². The molecule has 4 rings (SSSR count). The van der Waals surface area contributed by atoms with Crippen LogP contribution in [0.4, 0.5) is 0 Å². The molecular formula is C23H22O13. The van der Waals surface area contributed by atoms with Gasteiger partial charge in [-0.15, -0.1) is 0 Å². The molecule has 1 fully saturated rings. The minimum Gasteiger partial charge on any atom is -0.507 e. The highest BCUT2D eigenvalue weighted by Crippen LogP contribution is 2.42. The van der Waals surface area contributed by atoms with E-state index in [2.05, 4.69) is 4.74 Å². The molecule has 0 aliphatic carbocycles. The van der Waals surface area contributed by atoms with Gasteiger partial charge in [0, 0.05) is 17.7 Å². The molecule has 0 spiro atoms. The number of carbonyl (C=O) groups excluding carboxylic acids is 1. The summed E-state index contributed by atoms with van der Waals surface area (Å²) in [5, 5.41) is 61.0. The topological polar surface area (TPSA) is 206 Å². The van der Waals surface area contributed by atoms with E-state index >= 15 is 0 Å². The fourth-order valence-corrected chi connectivity index (χ4v) is 3.75. The number of carbonyl (C=O) groups is 1. The Morgan fingerprint density at radius 3 is 2.28 bits per heavy atom. The number of methoxy groups -OCH3 is 2. The van der Waals surface area contributed by atoms with Gasteiger partial charge in [-0.05, 0) is 18.2 Å². The zero-order valence-corrected chi connectivity index (χ0v) is 18.8. The van der Waals surface area contributed by atoms with Gasteiger partial charge in [0.25, 0.3) is 0 Å². The first-order valence-corrected chi connectivity index (χ1v) is 10.4. The van der Waals surface area contributed by atoms with E-state index < -0.39 is 70.3 Å². The molecule has 3 aromatic rings. The first-order valence-electron chi connectivity index (χ1n) is 10.4. The molecule has 0 amide bonds. The molecule has 1 aliphatic heterocycles. The summed E-state index contributed by atoms with van der Waals surface area (Å²) < 4.78 is 26.0. The van der Waals surface area contributed by atoms with Crippen LogP contribution in [0.5, 0.6) is 28.7 Å². The standard InChI is InChI=1S/C23H22O13/c1-32-13-4-3-8(5-9(13)24)14-7-11(26)15-10(25)6-12(27)19(20(15)34-14)35-23-18(30)16(28)17(29)21(36-23)22(31)33-2/h3-7,16-18,21,23-25,27-30H,1-2H3/t16-,17-,18+,21-,23+/m0/s1. The summed E-state index contributed by atoms with van der Waals surface area (Å²) in [7, 11) is 2.36. The minimum atomic E-state index is -1.92. The number of phenolic OH excluding ortho intramolecular Hbond substituents is 3. The Bertz CT molecular complexity index is 1360. The van der Waals surface area contributed by atoms with Crippen molar-refractivity contribution in [2.24, 2.45) is 0 Å².